The molecule has 0 saturated carbocycles. The van der Waals surface area contributed by atoms with Crippen LogP contribution in [-0.2, 0) is 10.7 Å². The van der Waals surface area contributed by atoms with Gasteiger partial charge in [-0.1, -0.05) is 0 Å². The van der Waals surface area contributed by atoms with Gasteiger partial charge in [-0.05, 0) is 32.9 Å². The van der Waals surface area contributed by atoms with Crippen LogP contribution in [0.5, 0.6) is 5.75 Å². The average molecular weight is 303 g/mol. The smallest absolute Gasteiger partial charge is 0.412 e. The van der Waals surface area contributed by atoms with E-state index in [4.69, 9.17) is 14.6 Å². The van der Waals surface area contributed by atoms with Crippen LogP contribution in [0.3, 0.4) is 0 Å². The van der Waals surface area contributed by atoms with Crippen LogP contribution in [0.15, 0.2) is 18.2 Å². The first-order chi connectivity index (χ1) is 9.59. The fourth-order valence-corrected chi connectivity index (χ4v) is 1.57. The molecule has 0 saturated heterocycles. The van der Waals surface area contributed by atoms with E-state index in [0.717, 1.165) is 6.07 Å². The molecular formula is C14H19F2NO4. The van der Waals surface area contributed by atoms with Crippen molar-refractivity contribution >= 4 is 11.8 Å². The Morgan fingerprint density at radius 2 is 1.95 bits per heavy atom. The number of anilines is 1. The Morgan fingerprint density at radius 3 is 2.43 bits per heavy atom. The largest absolute Gasteiger partial charge is 0.497 e. The minimum Gasteiger partial charge on any atom is -0.497 e. The molecule has 1 rings (SSSR count). The standard InChI is InChI=1S/C14H19F2NO4/c1-13(2,3)21-12(19)17-11-7-9(20-4)5-6-10(11)14(15,16)8-18/h5-7,18H,8H2,1-4H3,(H,17,19). The highest BCUT2D eigenvalue weighted by Crippen LogP contribution is 2.35. The van der Waals surface area contributed by atoms with Crippen molar-refractivity contribution < 1.29 is 28.2 Å². The van der Waals surface area contributed by atoms with Gasteiger partial charge in [-0.15, -0.1) is 0 Å². The first kappa shape index (κ1) is 17.2. The quantitative estimate of drug-likeness (QED) is 0.896. The molecule has 5 nitrogen and oxygen atoms in total. The maximum atomic E-state index is 13.7. The molecular weight excluding hydrogens is 284 g/mol. The molecule has 0 radical (unpaired) electrons. The van der Waals surface area contributed by atoms with E-state index in [1.165, 1.54) is 19.2 Å². The van der Waals surface area contributed by atoms with Gasteiger partial charge in [0.1, 0.15) is 18.0 Å². The zero-order valence-corrected chi connectivity index (χ0v) is 12.4. The van der Waals surface area contributed by atoms with Gasteiger partial charge in [0.15, 0.2) is 0 Å². The fraction of sp³-hybridized carbons (Fsp3) is 0.500. The van der Waals surface area contributed by atoms with Crippen molar-refractivity contribution in [3.8, 4) is 5.75 Å². The zero-order chi connectivity index (χ0) is 16.3. The second-order valence-corrected chi connectivity index (χ2v) is 5.40. The highest BCUT2D eigenvalue weighted by atomic mass is 19.3. The van der Waals surface area contributed by atoms with Crippen molar-refractivity contribution in [2.24, 2.45) is 0 Å². The summed E-state index contributed by atoms with van der Waals surface area (Å²) in [5.41, 5.74) is -1.46. The summed E-state index contributed by atoms with van der Waals surface area (Å²) in [6.07, 6.45) is -0.870. The summed E-state index contributed by atoms with van der Waals surface area (Å²) in [5, 5.41) is 11.0. The van der Waals surface area contributed by atoms with Crippen LogP contribution < -0.4 is 10.1 Å². The third-order valence-electron chi connectivity index (χ3n) is 2.45. The number of hydrogen-bond donors (Lipinski definition) is 2. The summed E-state index contributed by atoms with van der Waals surface area (Å²) in [4.78, 5) is 11.7. The van der Waals surface area contributed by atoms with Gasteiger partial charge in [-0.2, -0.15) is 8.78 Å². The normalized spacial score (nSPS) is 12.0. The van der Waals surface area contributed by atoms with Crippen LogP contribution in [-0.4, -0.2) is 30.5 Å². The van der Waals surface area contributed by atoms with Crippen molar-refractivity contribution in [1.82, 2.24) is 0 Å². The number of carbonyl (C=O) groups excluding carboxylic acids is 1. The Kier molecular flexibility index (Phi) is 5.11. The van der Waals surface area contributed by atoms with Crippen LogP contribution >= 0.6 is 0 Å². The van der Waals surface area contributed by atoms with E-state index in [9.17, 15) is 13.6 Å². The number of methoxy groups -OCH3 is 1. The first-order valence-corrected chi connectivity index (χ1v) is 6.26. The number of aliphatic hydroxyl groups is 1. The Bertz CT molecular complexity index is 512. The number of nitrogens with one attached hydrogen (secondary N) is 1. The lowest BCUT2D eigenvalue weighted by Crippen LogP contribution is -2.28. The molecule has 0 atom stereocenters. The molecule has 0 heterocycles. The molecule has 0 unspecified atom stereocenters. The highest BCUT2D eigenvalue weighted by molar-refractivity contribution is 5.86. The highest BCUT2D eigenvalue weighted by Gasteiger charge is 2.34. The predicted octanol–water partition coefficient (Wildman–Crippen LogP) is 3.13. The van der Waals surface area contributed by atoms with Crippen LogP contribution in [0.1, 0.15) is 26.3 Å². The van der Waals surface area contributed by atoms with Crippen molar-refractivity contribution in [3.05, 3.63) is 23.8 Å². The Morgan fingerprint density at radius 1 is 1.33 bits per heavy atom. The average Bonchev–Trinajstić information content (AvgIpc) is 2.36. The number of amides is 1. The van der Waals surface area contributed by atoms with Gasteiger partial charge in [0, 0.05) is 11.6 Å². The Labute approximate surface area is 121 Å². The SMILES string of the molecule is COc1ccc(C(F)(F)CO)c(NC(=O)OC(C)(C)C)c1. The van der Waals surface area contributed by atoms with Crippen LogP contribution in [0.25, 0.3) is 0 Å². The molecule has 21 heavy (non-hydrogen) atoms. The van der Waals surface area contributed by atoms with Gasteiger partial charge < -0.3 is 14.6 Å². The van der Waals surface area contributed by atoms with E-state index in [-0.39, 0.29) is 5.69 Å². The molecule has 0 aliphatic carbocycles. The lowest BCUT2D eigenvalue weighted by Gasteiger charge is -2.22. The van der Waals surface area contributed by atoms with Gasteiger partial charge in [0.05, 0.1) is 12.8 Å². The van der Waals surface area contributed by atoms with Crippen LogP contribution in [0, 0.1) is 0 Å². The number of ether oxygens (including phenoxy) is 2. The van der Waals surface area contributed by atoms with Crippen molar-refractivity contribution in [1.29, 1.82) is 0 Å². The van der Waals surface area contributed by atoms with E-state index in [1.54, 1.807) is 20.8 Å². The number of halogens is 2. The van der Waals surface area contributed by atoms with Crippen molar-refractivity contribution in [2.45, 2.75) is 32.3 Å². The fourth-order valence-electron chi connectivity index (χ4n) is 1.57. The lowest BCUT2D eigenvalue weighted by atomic mass is 10.1. The summed E-state index contributed by atoms with van der Waals surface area (Å²) in [6, 6.07) is 3.64. The summed E-state index contributed by atoms with van der Waals surface area (Å²) >= 11 is 0. The van der Waals surface area contributed by atoms with Crippen LogP contribution in [0.4, 0.5) is 19.3 Å². The topological polar surface area (TPSA) is 67.8 Å². The minimum atomic E-state index is -3.49. The van der Waals surface area contributed by atoms with Crippen molar-refractivity contribution in [3.63, 3.8) is 0 Å². The number of alkyl halides is 2. The molecule has 0 aliphatic rings. The molecule has 1 aromatic rings. The summed E-state index contributed by atoms with van der Waals surface area (Å²) in [7, 11) is 1.37. The van der Waals surface area contributed by atoms with E-state index in [0.29, 0.717) is 5.75 Å². The molecule has 7 heteroatoms. The predicted molar refractivity (Wildman–Crippen MR) is 73.8 cm³/mol. The molecule has 2 N–H and O–H groups in total. The third kappa shape index (κ3) is 4.86. The van der Waals surface area contributed by atoms with E-state index in [1.807, 2.05) is 0 Å². The zero-order valence-electron chi connectivity index (χ0n) is 12.4. The number of carbonyl (C=O) groups is 1. The molecule has 0 spiro atoms. The van der Waals surface area contributed by atoms with Crippen molar-refractivity contribution in [2.75, 3.05) is 19.0 Å². The number of aliphatic hydroxyl groups excluding tert-OH is 1. The summed E-state index contributed by atoms with van der Waals surface area (Å²) in [6.45, 7) is 3.59. The number of rotatable bonds is 4. The van der Waals surface area contributed by atoms with Crippen LogP contribution in [0.2, 0.25) is 0 Å². The molecule has 0 aromatic heterocycles. The first-order valence-electron chi connectivity index (χ1n) is 6.26. The van der Waals surface area contributed by atoms with Gasteiger partial charge >= 0.3 is 6.09 Å². The van der Waals surface area contributed by atoms with Gasteiger partial charge in [-0.3, -0.25) is 5.32 Å². The maximum Gasteiger partial charge on any atom is 0.412 e. The molecule has 0 aliphatic heterocycles. The van der Waals surface area contributed by atoms with E-state index in [2.05, 4.69) is 5.32 Å². The molecule has 0 fully saturated rings. The summed E-state index contributed by atoms with van der Waals surface area (Å²) in [5.74, 6) is -3.20. The monoisotopic (exact) mass is 303 g/mol. The summed E-state index contributed by atoms with van der Waals surface area (Å²) < 4.78 is 37.3. The second-order valence-electron chi connectivity index (χ2n) is 5.40. The van der Waals surface area contributed by atoms with E-state index < -0.39 is 29.8 Å². The third-order valence-corrected chi connectivity index (χ3v) is 2.45. The molecule has 118 valence electrons. The lowest BCUT2D eigenvalue weighted by molar-refractivity contribution is -0.0550. The molecule has 1 amide bonds. The van der Waals surface area contributed by atoms with Gasteiger partial charge in [0.25, 0.3) is 5.92 Å². The maximum absolute atomic E-state index is 13.7. The number of hydrogen-bond acceptors (Lipinski definition) is 4. The van der Waals surface area contributed by atoms with Gasteiger partial charge in [0.2, 0.25) is 0 Å². The van der Waals surface area contributed by atoms with E-state index >= 15 is 0 Å². The second kappa shape index (κ2) is 6.26. The Balaban J connectivity index is 3.11. The molecule has 0 bridgehead atoms. The minimum absolute atomic E-state index is 0.178. The number of benzene rings is 1. The Hall–Kier alpha value is -1.89. The molecule has 1 aromatic carbocycles. The van der Waals surface area contributed by atoms with Gasteiger partial charge in [-0.25, -0.2) is 4.79 Å².